The number of fused-ring (bicyclic) bond motifs is 1. The molecule has 90 valence electrons. The Morgan fingerprint density at radius 1 is 0.944 bits per heavy atom. The number of nitrogen functional groups attached to an aromatic ring is 1. The van der Waals surface area contributed by atoms with Crippen molar-refractivity contribution in [2.45, 2.75) is 6.42 Å². The molecule has 1 aliphatic carbocycles. The van der Waals surface area contributed by atoms with E-state index in [2.05, 4.69) is 0 Å². The van der Waals surface area contributed by atoms with Crippen molar-refractivity contribution in [3.63, 3.8) is 0 Å². The first-order valence-corrected chi connectivity index (χ1v) is 5.82. The summed E-state index contributed by atoms with van der Waals surface area (Å²) < 4.78 is 0. The molecule has 3 heteroatoms. The molecule has 1 aliphatic rings. The molecule has 5 N–H and O–H groups in total. The molecule has 2 aromatic carbocycles. The lowest BCUT2D eigenvalue weighted by atomic mass is 10.0. The van der Waals surface area contributed by atoms with Crippen molar-refractivity contribution in [2.75, 3.05) is 5.73 Å². The Kier molecular flexibility index (Phi) is 2.27. The highest BCUT2D eigenvalue weighted by molar-refractivity contribution is 5.96. The molecule has 0 saturated heterocycles. The van der Waals surface area contributed by atoms with Gasteiger partial charge in [-0.05, 0) is 41.0 Å². The van der Waals surface area contributed by atoms with Gasteiger partial charge in [0.1, 0.15) is 5.75 Å². The van der Waals surface area contributed by atoms with Crippen LogP contribution >= 0.6 is 0 Å². The van der Waals surface area contributed by atoms with Gasteiger partial charge in [0, 0.05) is 23.4 Å². The molecule has 0 fully saturated rings. The fraction of sp³-hybridized carbons (Fsp3) is 0.0667. The van der Waals surface area contributed by atoms with E-state index in [1.807, 2.05) is 30.3 Å². The minimum Gasteiger partial charge on any atom is -0.508 e. The van der Waals surface area contributed by atoms with E-state index in [9.17, 15) is 5.11 Å². The summed E-state index contributed by atoms with van der Waals surface area (Å²) in [5.41, 5.74) is 17.8. The molecule has 0 heterocycles. The van der Waals surface area contributed by atoms with E-state index in [-0.39, 0.29) is 5.75 Å². The zero-order valence-corrected chi connectivity index (χ0v) is 9.85. The predicted molar refractivity (Wildman–Crippen MR) is 73.7 cm³/mol. The Hall–Kier alpha value is -2.42. The van der Waals surface area contributed by atoms with Crippen LogP contribution in [0.5, 0.6) is 5.75 Å². The van der Waals surface area contributed by atoms with Gasteiger partial charge in [0.2, 0.25) is 0 Å². The summed E-state index contributed by atoms with van der Waals surface area (Å²) in [6, 6.07) is 12.9. The van der Waals surface area contributed by atoms with Crippen molar-refractivity contribution < 1.29 is 5.11 Å². The molecular formula is C15H14N2O. The monoisotopic (exact) mass is 238 g/mol. The summed E-state index contributed by atoms with van der Waals surface area (Å²) in [7, 11) is 0. The van der Waals surface area contributed by atoms with Crippen LogP contribution in [0.2, 0.25) is 0 Å². The molecule has 0 saturated carbocycles. The molecule has 0 atom stereocenters. The van der Waals surface area contributed by atoms with Crippen molar-refractivity contribution >= 4 is 17.0 Å². The SMILES string of the molecule is NC1=C(c2ccc(O)cc2)Cc2ccc(N)cc21. The zero-order chi connectivity index (χ0) is 12.7. The van der Waals surface area contributed by atoms with Crippen LogP contribution in [0.25, 0.3) is 11.3 Å². The predicted octanol–water partition coefficient (Wildman–Crippen LogP) is 2.36. The fourth-order valence-corrected chi connectivity index (χ4v) is 2.37. The van der Waals surface area contributed by atoms with E-state index >= 15 is 0 Å². The first kappa shape index (κ1) is 10.7. The minimum atomic E-state index is 0.262. The summed E-state index contributed by atoms with van der Waals surface area (Å²) >= 11 is 0. The summed E-state index contributed by atoms with van der Waals surface area (Å²) in [5, 5.41) is 9.31. The normalized spacial score (nSPS) is 13.8. The molecule has 0 aromatic heterocycles. The van der Waals surface area contributed by atoms with E-state index in [4.69, 9.17) is 11.5 Å². The van der Waals surface area contributed by atoms with Crippen LogP contribution in [0.15, 0.2) is 42.5 Å². The number of hydrogen-bond acceptors (Lipinski definition) is 3. The topological polar surface area (TPSA) is 72.3 Å². The van der Waals surface area contributed by atoms with Crippen LogP contribution in [-0.4, -0.2) is 5.11 Å². The van der Waals surface area contributed by atoms with Crippen molar-refractivity contribution in [2.24, 2.45) is 5.73 Å². The fourth-order valence-electron chi connectivity index (χ4n) is 2.37. The van der Waals surface area contributed by atoms with Crippen LogP contribution < -0.4 is 11.5 Å². The molecule has 0 bridgehead atoms. The van der Waals surface area contributed by atoms with E-state index in [0.29, 0.717) is 0 Å². The van der Waals surface area contributed by atoms with E-state index in [0.717, 1.165) is 34.5 Å². The maximum atomic E-state index is 9.31. The quantitative estimate of drug-likeness (QED) is 0.668. The number of aromatic hydroxyl groups is 1. The number of nitrogens with two attached hydrogens (primary N) is 2. The summed E-state index contributed by atoms with van der Waals surface area (Å²) in [6.07, 6.45) is 0.812. The maximum Gasteiger partial charge on any atom is 0.115 e. The second-order valence-corrected chi connectivity index (χ2v) is 4.53. The molecule has 3 rings (SSSR count). The minimum absolute atomic E-state index is 0.262. The van der Waals surface area contributed by atoms with Gasteiger partial charge >= 0.3 is 0 Å². The van der Waals surface area contributed by atoms with Crippen molar-refractivity contribution in [1.82, 2.24) is 0 Å². The van der Waals surface area contributed by atoms with Gasteiger partial charge in [-0.15, -0.1) is 0 Å². The molecule has 0 aliphatic heterocycles. The highest BCUT2D eigenvalue weighted by Crippen LogP contribution is 2.36. The lowest BCUT2D eigenvalue weighted by molar-refractivity contribution is 0.475. The number of phenols is 1. The summed E-state index contributed by atoms with van der Waals surface area (Å²) in [5.74, 6) is 0.262. The standard InChI is InChI=1S/C15H14N2O/c16-11-4-1-10-7-13(15(17)14(10)8-11)9-2-5-12(18)6-3-9/h1-6,8,18H,7,16-17H2. The summed E-state index contributed by atoms with van der Waals surface area (Å²) in [6.45, 7) is 0. The Labute approximate surface area is 105 Å². The van der Waals surface area contributed by atoms with Gasteiger partial charge in [0.25, 0.3) is 0 Å². The summed E-state index contributed by atoms with van der Waals surface area (Å²) in [4.78, 5) is 0. The van der Waals surface area contributed by atoms with Gasteiger partial charge in [-0.1, -0.05) is 18.2 Å². The van der Waals surface area contributed by atoms with Gasteiger partial charge in [0.15, 0.2) is 0 Å². The first-order chi connectivity index (χ1) is 8.65. The smallest absolute Gasteiger partial charge is 0.115 e. The van der Waals surface area contributed by atoms with Crippen LogP contribution in [0.4, 0.5) is 5.69 Å². The highest BCUT2D eigenvalue weighted by atomic mass is 16.3. The number of allylic oxidation sites excluding steroid dienone is 1. The van der Waals surface area contributed by atoms with Gasteiger partial charge in [-0.2, -0.15) is 0 Å². The Bertz CT molecular complexity index is 642. The lowest BCUT2D eigenvalue weighted by Crippen LogP contribution is -1.97. The maximum absolute atomic E-state index is 9.31. The third-order valence-electron chi connectivity index (χ3n) is 3.33. The molecule has 0 unspecified atom stereocenters. The molecule has 2 aromatic rings. The van der Waals surface area contributed by atoms with E-state index in [1.165, 1.54) is 5.56 Å². The largest absolute Gasteiger partial charge is 0.508 e. The molecule has 0 amide bonds. The number of rotatable bonds is 1. The molecular weight excluding hydrogens is 224 g/mol. The number of phenolic OH excluding ortho intramolecular Hbond substituents is 1. The third kappa shape index (κ3) is 1.61. The molecule has 0 spiro atoms. The van der Waals surface area contributed by atoms with Crippen molar-refractivity contribution in [3.8, 4) is 5.75 Å². The lowest BCUT2D eigenvalue weighted by Gasteiger charge is -2.04. The van der Waals surface area contributed by atoms with Crippen molar-refractivity contribution in [3.05, 3.63) is 59.2 Å². The average molecular weight is 238 g/mol. The second-order valence-electron chi connectivity index (χ2n) is 4.53. The highest BCUT2D eigenvalue weighted by Gasteiger charge is 2.20. The number of benzene rings is 2. The van der Waals surface area contributed by atoms with Crippen LogP contribution in [0.3, 0.4) is 0 Å². The van der Waals surface area contributed by atoms with Gasteiger partial charge in [-0.3, -0.25) is 0 Å². The van der Waals surface area contributed by atoms with Gasteiger partial charge < -0.3 is 16.6 Å². The molecule has 0 radical (unpaired) electrons. The third-order valence-corrected chi connectivity index (χ3v) is 3.33. The second kappa shape index (κ2) is 3.81. The first-order valence-electron chi connectivity index (χ1n) is 5.82. The Balaban J connectivity index is 2.08. The van der Waals surface area contributed by atoms with Crippen LogP contribution in [0.1, 0.15) is 16.7 Å². The Morgan fingerprint density at radius 3 is 2.39 bits per heavy atom. The molecule has 3 nitrogen and oxygen atoms in total. The zero-order valence-electron chi connectivity index (χ0n) is 9.85. The van der Waals surface area contributed by atoms with Crippen molar-refractivity contribution in [1.29, 1.82) is 0 Å². The van der Waals surface area contributed by atoms with Gasteiger partial charge in [-0.25, -0.2) is 0 Å². The van der Waals surface area contributed by atoms with Crippen LogP contribution in [0, 0.1) is 0 Å². The van der Waals surface area contributed by atoms with E-state index in [1.54, 1.807) is 12.1 Å². The molecule has 18 heavy (non-hydrogen) atoms. The Morgan fingerprint density at radius 2 is 1.67 bits per heavy atom. The number of hydrogen-bond donors (Lipinski definition) is 3. The van der Waals surface area contributed by atoms with Crippen LogP contribution in [-0.2, 0) is 6.42 Å². The average Bonchev–Trinajstić information content (AvgIpc) is 2.68. The number of anilines is 1. The van der Waals surface area contributed by atoms with E-state index < -0.39 is 0 Å². The van der Waals surface area contributed by atoms with Gasteiger partial charge in [0.05, 0.1) is 0 Å².